The molecule has 2 N–H and O–H groups in total. The number of hydrogen-bond donors (Lipinski definition) is 2. The van der Waals surface area contributed by atoms with Crippen molar-refractivity contribution in [3.63, 3.8) is 0 Å². The van der Waals surface area contributed by atoms with Crippen LogP contribution in [0.4, 0.5) is 5.95 Å². The number of hydrogen-bond acceptors (Lipinski definition) is 5. The van der Waals surface area contributed by atoms with Gasteiger partial charge in [-0.3, -0.25) is 10.1 Å². The van der Waals surface area contributed by atoms with E-state index in [9.17, 15) is 4.79 Å². The summed E-state index contributed by atoms with van der Waals surface area (Å²) in [5.41, 5.74) is 1.88. The van der Waals surface area contributed by atoms with Crippen molar-refractivity contribution < 1.29 is 14.3 Å². The van der Waals surface area contributed by atoms with E-state index in [1.54, 1.807) is 19.3 Å². The summed E-state index contributed by atoms with van der Waals surface area (Å²) in [4.78, 5) is 15.6. The van der Waals surface area contributed by atoms with Crippen molar-refractivity contribution >= 4 is 17.9 Å². The second-order valence-electron chi connectivity index (χ2n) is 5.34. The lowest BCUT2D eigenvalue weighted by atomic mass is 10.2. The molecule has 0 radical (unpaired) electrons. The molecule has 0 saturated heterocycles. The largest absolute Gasteiger partial charge is 0.493 e. The Kier molecular flexibility index (Phi) is 5.61. The molecule has 1 heterocycles. The van der Waals surface area contributed by atoms with Crippen LogP contribution in [-0.4, -0.2) is 28.2 Å². The van der Waals surface area contributed by atoms with Gasteiger partial charge in [-0.05, 0) is 29.3 Å². The van der Waals surface area contributed by atoms with Crippen LogP contribution in [0, 0.1) is 0 Å². The van der Waals surface area contributed by atoms with Crippen molar-refractivity contribution in [1.29, 1.82) is 0 Å². The van der Waals surface area contributed by atoms with E-state index in [-0.39, 0.29) is 5.91 Å². The minimum atomic E-state index is -0.315. The smallest absolute Gasteiger partial charge is 0.250 e. The van der Waals surface area contributed by atoms with Gasteiger partial charge in [0.25, 0.3) is 5.91 Å². The van der Waals surface area contributed by atoms with Gasteiger partial charge in [-0.15, -0.1) is 0 Å². The molecule has 0 aliphatic heterocycles. The highest BCUT2D eigenvalue weighted by atomic mass is 16.5. The number of aromatic nitrogens is 3. The van der Waals surface area contributed by atoms with Gasteiger partial charge in [0.05, 0.1) is 7.11 Å². The van der Waals surface area contributed by atoms with E-state index < -0.39 is 0 Å². The lowest BCUT2D eigenvalue weighted by Crippen LogP contribution is -2.08. The number of H-pyrrole nitrogens is 1. The molecule has 0 unspecified atom stereocenters. The van der Waals surface area contributed by atoms with Gasteiger partial charge in [0, 0.05) is 6.08 Å². The quantitative estimate of drug-likeness (QED) is 0.639. The third kappa shape index (κ3) is 4.70. The highest BCUT2D eigenvalue weighted by Gasteiger charge is 2.06. The number of carbonyl (C=O) groups excluding carboxylic acids is 1. The number of benzene rings is 2. The molecule has 0 spiro atoms. The summed E-state index contributed by atoms with van der Waals surface area (Å²) in [6.45, 7) is 0.450. The molecule has 1 amide bonds. The lowest BCUT2D eigenvalue weighted by molar-refractivity contribution is -0.111. The van der Waals surface area contributed by atoms with Crippen LogP contribution in [0.2, 0.25) is 0 Å². The van der Waals surface area contributed by atoms with Crippen LogP contribution in [-0.2, 0) is 11.4 Å². The minimum absolute atomic E-state index is 0.293. The number of carbonyl (C=O) groups is 1. The van der Waals surface area contributed by atoms with Crippen LogP contribution in [0.1, 0.15) is 11.1 Å². The first-order valence-corrected chi connectivity index (χ1v) is 7.94. The average Bonchev–Trinajstić information content (AvgIpc) is 3.18. The number of anilines is 1. The van der Waals surface area contributed by atoms with E-state index in [0.717, 1.165) is 11.1 Å². The molecule has 0 aliphatic rings. The van der Waals surface area contributed by atoms with Gasteiger partial charge in [-0.1, -0.05) is 36.4 Å². The Morgan fingerprint density at radius 1 is 1.19 bits per heavy atom. The van der Waals surface area contributed by atoms with Gasteiger partial charge in [-0.25, -0.2) is 5.10 Å². The van der Waals surface area contributed by atoms with E-state index in [4.69, 9.17) is 9.47 Å². The maximum atomic E-state index is 11.8. The summed E-state index contributed by atoms with van der Waals surface area (Å²) in [6, 6.07) is 15.4. The predicted molar refractivity (Wildman–Crippen MR) is 97.8 cm³/mol. The average molecular weight is 350 g/mol. The molecule has 0 atom stereocenters. The standard InChI is InChI=1S/C19H18N4O3/c1-25-17-11-14(8-10-18(24)22-19-20-13-21-23-19)7-9-16(17)26-12-15-5-3-2-4-6-15/h2-11,13H,12H2,1H3,(H2,20,21,22,23,24)/b10-8+. The van der Waals surface area contributed by atoms with E-state index in [1.165, 1.54) is 12.4 Å². The van der Waals surface area contributed by atoms with Crippen molar-refractivity contribution in [2.45, 2.75) is 6.61 Å². The van der Waals surface area contributed by atoms with Gasteiger partial charge in [0.15, 0.2) is 11.5 Å². The Morgan fingerprint density at radius 2 is 2.04 bits per heavy atom. The van der Waals surface area contributed by atoms with Crippen molar-refractivity contribution in [2.24, 2.45) is 0 Å². The lowest BCUT2D eigenvalue weighted by Gasteiger charge is -2.11. The van der Waals surface area contributed by atoms with Crippen LogP contribution in [0.3, 0.4) is 0 Å². The molecule has 0 saturated carbocycles. The van der Waals surface area contributed by atoms with Gasteiger partial charge in [-0.2, -0.15) is 10.1 Å². The van der Waals surface area contributed by atoms with Gasteiger partial charge >= 0.3 is 0 Å². The van der Waals surface area contributed by atoms with Crippen LogP contribution in [0.15, 0.2) is 60.9 Å². The number of amides is 1. The van der Waals surface area contributed by atoms with Gasteiger partial charge < -0.3 is 9.47 Å². The van der Waals surface area contributed by atoms with Crippen LogP contribution in [0.5, 0.6) is 11.5 Å². The Morgan fingerprint density at radius 3 is 2.77 bits per heavy atom. The Hall–Kier alpha value is -3.61. The van der Waals surface area contributed by atoms with Crippen molar-refractivity contribution in [3.05, 3.63) is 72.1 Å². The summed E-state index contributed by atoms with van der Waals surface area (Å²) >= 11 is 0. The summed E-state index contributed by atoms with van der Waals surface area (Å²) in [6.07, 6.45) is 4.40. The molecule has 2 aromatic carbocycles. The highest BCUT2D eigenvalue weighted by Crippen LogP contribution is 2.29. The number of ether oxygens (including phenoxy) is 2. The molecular formula is C19H18N4O3. The normalized spacial score (nSPS) is 10.7. The fourth-order valence-electron chi connectivity index (χ4n) is 2.24. The molecule has 0 aliphatic carbocycles. The Bertz CT molecular complexity index is 877. The van der Waals surface area contributed by atoms with Gasteiger partial charge in [0.1, 0.15) is 12.9 Å². The molecule has 0 fully saturated rings. The summed E-state index contributed by atoms with van der Waals surface area (Å²) < 4.78 is 11.2. The van der Waals surface area contributed by atoms with Crippen molar-refractivity contribution in [3.8, 4) is 11.5 Å². The number of nitrogens with zero attached hydrogens (tertiary/aromatic N) is 2. The summed E-state index contributed by atoms with van der Waals surface area (Å²) in [7, 11) is 1.58. The zero-order valence-electron chi connectivity index (χ0n) is 14.2. The second-order valence-corrected chi connectivity index (χ2v) is 5.34. The number of aromatic amines is 1. The second kappa shape index (κ2) is 8.48. The minimum Gasteiger partial charge on any atom is -0.493 e. The third-order valence-electron chi connectivity index (χ3n) is 3.51. The number of methoxy groups -OCH3 is 1. The molecule has 26 heavy (non-hydrogen) atoms. The topological polar surface area (TPSA) is 89.1 Å². The molecular weight excluding hydrogens is 332 g/mol. The number of rotatable bonds is 7. The molecule has 1 aromatic heterocycles. The van der Waals surface area contributed by atoms with Crippen molar-refractivity contribution in [2.75, 3.05) is 12.4 Å². The molecule has 3 rings (SSSR count). The maximum absolute atomic E-state index is 11.8. The van der Waals surface area contributed by atoms with E-state index in [2.05, 4.69) is 20.5 Å². The monoisotopic (exact) mass is 350 g/mol. The molecule has 0 bridgehead atoms. The Labute approximate surface area is 150 Å². The fourth-order valence-corrected chi connectivity index (χ4v) is 2.24. The zero-order chi connectivity index (χ0) is 18.2. The molecule has 132 valence electrons. The predicted octanol–water partition coefficient (Wildman–Crippen LogP) is 3.04. The summed E-state index contributed by atoms with van der Waals surface area (Å²) in [5, 5.41) is 8.78. The van der Waals surface area contributed by atoms with Gasteiger partial charge in [0.2, 0.25) is 5.95 Å². The molecule has 7 nitrogen and oxygen atoms in total. The Balaban J connectivity index is 1.64. The first-order chi connectivity index (χ1) is 12.7. The molecule has 7 heteroatoms. The van der Waals surface area contributed by atoms with Crippen LogP contribution < -0.4 is 14.8 Å². The van der Waals surface area contributed by atoms with Crippen LogP contribution >= 0.6 is 0 Å². The summed E-state index contributed by atoms with van der Waals surface area (Å²) in [5.74, 6) is 1.21. The first kappa shape index (κ1) is 17.2. The SMILES string of the molecule is COc1cc(/C=C/C(=O)Nc2ncn[nH]2)ccc1OCc1ccccc1. The van der Waals surface area contributed by atoms with Crippen LogP contribution in [0.25, 0.3) is 6.08 Å². The highest BCUT2D eigenvalue weighted by molar-refractivity contribution is 6.00. The van der Waals surface area contributed by atoms with E-state index in [0.29, 0.717) is 24.1 Å². The number of nitrogens with one attached hydrogen (secondary N) is 2. The third-order valence-corrected chi connectivity index (χ3v) is 3.51. The first-order valence-electron chi connectivity index (χ1n) is 7.94. The van der Waals surface area contributed by atoms with E-state index >= 15 is 0 Å². The fraction of sp³-hybridized carbons (Fsp3) is 0.105. The van der Waals surface area contributed by atoms with Crippen molar-refractivity contribution in [1.82, 2.24) is 15.2 Å². The molecule has 3 aromatic rings. The van der Waals surface area contributed by atoms with E-state index in [1.807, 2.05) is 42.5 Å². The zero-order valence-corrected chi connectivity index (χ0v) is 14.2. The maximum Gasteiger partial charge on any atom is 0.250 e.